The third kappa shape index (κ3) is 7.42. The van der Waals surface area contributed by atoms with Crippen LogP contribution in [0.25, 0.3) is 17.1 Å². The molecule has 43 heavy (non-hydrogen) atoms. The largest absolute Gasteiger partial charge is 0.499 e. The minimum Gasteiger partial charge on any atom is -0.426 e. The van der Waals surface area contributed by atoms with Crippen LogP contribution in [0.4, 0.5) is 22.0 Å². The molecule has 2 aromatic carbocycles. The number of hydrogen-bond acceptors (Lipinski definition) is 9. The van der Waals surface area contributed by atoms with Crippen LogP contribution < -0.4 is 10.2 Å². The van der Waals surface area contributed by atoms with Crippen molar-refractivity contribution in [3.8, 4) is 22.8 Å². The molecule has 5 atom stereocenters. The van der Waals surface area contributed by atoms with Crippen LogP contribution in [0, 0.1) is 0 Å². The molecule has 3 aromatic rings. The number of aromatic nitrogens is 3. The highest BCUT2D eigenvalue weighted by molar-refractivity contribution is 5.85. The van der Waals surface area contributed by atoms with Crippen LogP contribution in [-0.4, -0.2) is 77.5 Å². The van der Waals surface area contributed by atoms with Gasteiger partial charge in [-0.2, -0.15) is 22.0 Å². The second-order valence-electron chi connectivity index (χ2n) is 9.45. The number of halogens is 6. The Morgan fingerprint density at radius 3 is 2.26 bits per heavy atom. The second kappa shape index (κ2) is 14.2. The van der Waals surface area contributed by atoms with Crippen molar-refractivity contribution in [1.82, 2.24) is 20.2 Å². The summed E-state index contributed by atoms with van der Waals surface area (Å²) in [6, 6.07) is 9.81. The van der Waals surface area contributed by atoms with E-state index in [-0.39, 0.29) is 37.0 Å². The van der Waals surface area contributed by atoms with Crippen LogP contribution in [-0.2, 0) is 25.5 Å². The van der Waals surface area contributed by atoms with Gasteiger partial charge in [-0.25, -0.2) is 15.1 Å². The SMILES string of the molecule is CCO[C@@H]1[C@@H](OC)[C@H](C)O[C@@H](c2cc(-c3ncn(-c4ccc(OC(F)(F)C(F)(F)F)cc4)n3)ccc2CNO)[C@H]1OC.Cl. The molecule has 238 valence electrons. The highest BCUT2D eigenvalue weighted by atomic mass is 35.5. The van der Waals surface area contributed by atoms with E-state index >= 15 is 0 Å². The molecule has 0 radical (unpaired) electrons. The lowest BCUT2D eigenvalue weighted by Crippen LogP contribution is -2.56. The third-order valence-electron chi connectivity index (χ3n) is 6.82. The molecule has 10 nitrogen and oxygen atoms in total. The first-order valence-electron chi connectivity index (χ1n) is 12.9. The van der Waals surface area contributed by atoms with Gasteiger partial charge in [0, 0.05) is 32.9 Å². The van der Waals surface area contributed by atoms with Crippen molar-refractivity contribution < 1.29 is 50.8 Å². The van der Waals surface area contributed by atoms with Crippen molar-refractivity contribution in [3.05, 3.63) is 59.9 Å². The molecule has 0 bridgehead atoms. The zero-order valence-electron chi connectivity index (χ0n) is 23.5. The molecule has 1 aromatic heterocycles. The molecule has 16 heteroatoms. The minimum atomic E-state index is -5.85. The first kappa shape index (κ1) is 34.6. The number of benzene rings is 2. The third-order valence-corrected chi connectivity index (χ3v) is 6.82. The van der Waals surface area contributed by atoms with E-state index in [9.17, 15) is 27.2 Å². The van der Waals surface area contributed by atoms with E-state index in [1.807, 2.05) is 19.9 Å². The molecular weight excluding hydrogens is 607 g/mol. The molecule has 1 fully saturated rings. The van der Waals surface area contributed by atoms with Crippen molar-refractivity contribution in [2.75, 3.05) is 20.8 Å². The topological polar surface area (TPSA) is 109 Å². The zero-order valence-corrected chi connectivity index (χ0v) is 24.4. The Labute approximate surface area is 250 Å². The van der Waals surface area contributed by atoms with Gasteiger partial charge in [0.2, 0.25) is 0 Å². The standard InChI is InChI=1S/C27H31F5N4O6.ClH/c1-5-40-24-21(38-3)15(2)41-22(23(24)39-4)20-12-16(6-7-17(20)13-34-37)25-33-14-36(35-25)18-8-10-19(11-9-18)42-27(31,32)26(28,29)30;/h6-12,14-15,21-24,34,37H,5,13H2,1-4H3;1H/t15-,21-,22-,23+,24+;/m0./s1. The predicted molar refractivity (Wildman–Crippen MR) is 145 cm³/mol. The Kier molecular flexibility index (Phi) is 11.4. The molecule has 0 saturated carbocycles. The molecule has 0 spiro atoms. The number of hydrogen-bond donors (Lipinski definition) is 2. The van der Waals surface area contributed by atoms with Crippen molar-refractivity contribution in [1.29, 1.82) is 0 Å². The lowest BCUT2D eigenvalue weighted by atomic mass is 9.88. The highest BCUT2D eigenvalue weighted by Crippen LogP contribution is 2.40. The number of nitrogens with zero attached hydrogens (tertiary/aromatic N) is 3. The molecular formula is C27H32ClF5N4O6. The molecule has 2 heterocycles. The van der Waals surface area contributed by atoms with E-state index in [2.05, 4.69) is 20.3 Å². The monoisotopic (exact) mass is 638 g/mol. The Bertz CT molecular complexity index is 1330. The summed E-state index contributed by atoms with van der Waals surface area (Å²) in [5.41, 5.74) is 4.50. The molecule has 4 rings (SSSR count). The lowest BCUT2D eigenvalue weighted by molar-refractivity contribution is -0.360. The molecule has 0 unspecified atom stereocenters. The van der Waals surface area contributed by atoms with E-state index in [1.165, 1.54) is 23.1 Å². The molecule has 1 saturated heterocycles. The molecule has 1 aliphatic heterocycles. The van der Waals surface area contributed by atoms with Crippen LogP contribution in [0.2, 0.25) is 0 Å². The molecule has 0 aliphatic carbocycles. The maximum Gasteiger partial charge on any atom is 0.499 e. The first-order valence-corrected chi connectivity index (χ1v) is 12.9. The number of alkyl halides is 5. The normalized spacial score (nSPS) is 22.7. The van der Waals surface area contributed by atoms with Gasteiger partial charge in [-0.3, -0.25) is 0 Å². The van der Waals surface area contributed by atoms with Crippen molar-refractivity contribution >= 4 is 12.4 Å². The first-order chi connectivity index (χ1) is 19.9. The van der Waals surface area contributed by atoms with Crippen LogP contribution in [0.15, 0.2) is 48.8 Å². The number of methoxy groups -OCH3 is 2. The summed E-state index contributed by atoms with van der Waals surface area (Å²) in [6.07, 6.45) is -12.2. The number of hydroxylamine groups is 1. The van der Waals surface area contributed by atoms with Gasteiger partial charge in [0.25, 0.3) is 0 Å². The van der Waals surface area contributed by atoms with E-state index in [1.54, 1.807) is 26.4 Å². The van der Waals surface area contributed by atoms with Gasteiger partial charge in [0.15, 0.2) is 5.82 Å². The Morgan fingerprint density at radius 1 is 1.00 bits per heavy atom. The second-order valence-corrected chi connectivity index (χ2v) is 9.45. The van der Waals surface area contributed by atoms with E-state index in [4.69, 9.17) is 18.9 Å². The summed E-state index contributed by atoms with van der Waals surface area (Å²) in [7, 11) is 3.12. The van der Waals surface area contributed by atoms with Gasteiger partial charge in [-0.1, -0.05) is 12.1 Å². The maximum atomic E-state index is 13.2. The van der Waals surface area contributed by atoms with Crippen LogP contribution in [0.5, 0.6) is 5.75 Å². The van der Waals surface area contributed by atoms with Gasteiger partial charge in [0.1, 0.15) is 36.5 Å². The number of rotatable bonds is 11. The van der Waals surface area contributed by atoms with Crippen LogP contribution in [0.3, 0.4) is 0 Å². The van der Waals surface area contributed by atoms with Gasteiger partial charge in [-0.05, 0) is 55.3 Å². The van der Waals surface area contributed by atoms with E-state index < -0.39 is 36.3 Å². The summed E-state index contributed by atoms with van der Waals surface area (Å²) in [5.74, 6) is -0.382. The van der Waals surface area contributed by atoms with Crippen molar-refractivity contribution in [2.24, 2.45) is 0 Å². The Hall–Kier alpha value is -2.92. The summed E-state index contributed by atoms with van der Waals surface area (Å²) in [6.45, 7) is 4.28. The van der Waals surface area contributed by atoms with Gasteiger partial charge >= 0.3 is 12.3 Å². The maximum absolute atomic E-state index is 13.2. The fourth-order valence-electron chi connectivity index (χ4n) is 4.87. The summed E-state index contributed by atoms with van der Waals surface area (Å²) in [4.78, 5) is 4.33. The molecule has 0 amide bonds. The van der Waals surface area contributed by atoms with Gasteiger partial charge < -0.3 is 28.9 Å². The summed E-state index contributed by atoms with van der Waals surface area (Å²) < 4.78 is 92.8. The predicted octanol–water partition coefficient (Wildman–Crippen LogP) is 5.26. The Balaban J connectivity index is 0.00000506. The van der Waals surface area contributed by atoms with E-state index in [0.29, 0.717) is 23.4 Å². The van der Waals surface area contributed by atoms with Crippen LogP contribution in [0.1, 0.15) is 31.1 Å². The molecule has 2 N–H and O–H groups in total. The van der Waals surface area contributed by atoms with Gasteiger partial charge in [-0.15, -0.1) is 17.5 Å². The van der Waals surface area contributed by atoms with E-state index in [0.717, 1.165) is 17.7 Å². The Morgan fingerprint density at radius 2 is 1.67 bits per heavy atom. The smallest absolute Gasteiger partial charge is 0.426 e. The molecule has 1 aliphatic rings. The van der Waals surface area contributed by atoms with Crippen molar-refractivity contribution in [3.63, 3.8) is 0 Å². The van der Waals surface area contributed by atoms with Crippen LogP contribution >= 0.6 is 12.4 Å². The lowest BCUT2D eigenvalue weighted by Gasteiger charge is -2.45. The highest BCUT2D eigenvalue weighted by Gasteiger charge is 2.61. The number of nitrogens with one attached hydrogen (secondary N) is 1. The van der Waals surface area contributed by atoms with Gasteiger partial charge in [0.05, 0.1) is 11.8 Å². The average molecular weight is 639 g/mol. The number of ether oxygens (including phenoxy) is 5. The zero-order chi connectivity index (χ0) is 30.7. The quantitative estimate of drug-likeness (QED) is 0.215. The minimum absolute atomic E-state index is 0. The average Bonchev–Trinajstić information content (AvgIpc) is 3.43. The van der Waals surface area contributed by atoms with Crippen molar-refractivity contribution in [2.45, 2.75) is 63.2 Å². The summed E-state index contributed by atoms with van der Waals surface area (Å²) in [5, 5.41) is 13.9. The fourth-order valence-corrected chi connectivity index (χ4v) is 4.87. The summed E-state index contributed by atoms with van der Waals surface area (Å²) >= 11 is 0. The fraction of sp³-hybridized carbons (Fsp3) is 0.481.